The number of hydrogen-bond acceptors (Lipinski definition) is 4. The summed E-state index contributed by atoms with van der Waals surface area (Å²) in [7, 11) is 0. The van der Waals surface area contributed by atoms with Gasteiger partial charge in [-0.3, -0.25) is 0 Å². The van der Waals surface area contributed by atoms with Crippen LogP contribution in [0.1, 0.15) is 26.7 Å². The van der Waals surface area contributed by atoms with E-state index in [2.05, 4.69) is 6.92 Å². The fourth-order valence-electron chi connectivity index (χ4n) is 2.55. The average molecular weight is 216 g/mol. The molecular weight excluding hydrogens is 196 g/mol. The van der Waals surface area contributed by atoms with Crippen LogP contribution in [0.2, 0.25) is 0 Å². The van der Waals surface area contributed by atoms with E-state index in [4.69, 9.17) is 14.6 Å². The van der Waals surface area contributed by atoms with Crippen LogP contribution in [0.15, 0.2) is 0 Å². The summed E-state index contributed by atoms with van der Waals surface area (Å²) in [4.78, 5) is 0. The van der Waals surface area contributed by atoms with Crippen molar-refractivity contribution in [1.82, 2.24) is 0 Å². The van der Waals surface area contributed by atoms with E-state index in [1.165, 1.54) is 0 Å². The molecule has 0 amide bonds. The molecule has 2 saturated heterocycles. The Morgan fingerprint density at radius 3 is 2.67 bits per heavy atom. The van der Waals surface area contributed by atoms with Gasteiger partial charge in [-0.1, -0.05) is 6.92 Å². The lowest BCUT2D eigenvalue weighted by molar-refractivity contribution is -0.161. The molecule has 6 atom stereocenters. The second kappa shape index (κ2) is 4.37. The summed E-state index contributed by atoms with van der Waals surface area (Å²) >= 11 is 0. The molecule has 0 aliphatic carbocycles. The molecule has 0 saturated carbocycles. The Labute approximate surface area is 90.2 Å². The van der Waals surface area contributed by atoms with Crippen molar-refractivity contribution in [3.05, 3.63) is 0 Å². The molecule has 2 unspecified atom stereocenters. The Kier molecular flexibility index (Phi) is 3.30. The molecule has 4 heteroatoms. The second-order valence-corrected chi connectivity index (χ2v) is 4.69. The molecule has 2 heterocycles. The summed E-state index contributed by atoms with van der Waals surface area (Å²) < 4.78 is 11.5. The zero-order chi connectivity index (χ0) is 11.0. The van der Waals surface area contributed by atoms with Crippen molar-refractivity contribution in [1.29, 1.82) is 0 Å². The highest BCUT2D eigenvalue weighted by Crippen LogP contribution is 2.37. The summed E-state index contributed by atoms with van der Waals surface area (Å²) in [5, 5.41) is 18.7. The molecular formula is C11H20O4. The van der Waals surface area contributed by atoms with Crippen LogP contribution in [0.3, 0.4) is 0 Å². The van der Waals surface area contributed by atoms with Gasteiger partial charge in [-0.05, 0) is 13.3 Å². The van der Waals surface area contributed by atoms with Crippen molar-refractivity contribution in [2.24, 2.45) is 5.92 Å². The third kappa shape index (κ3) is 2.04. The van der Waals surface area contributed by atoms with Crippen molar-refractivity contribution in [3.63, 3.8) is 0 Å². The zero-order valence-corrected chi connectivity index (χ0v) is 9.30. The van der Waals surface area contributed by atoms with E-state index >= 15 is 0 Å². The van der Waals surface area contributed by atoms with Crippen molar-refractivity contribution in [3.8, 4) is 0 Å². The van der Waals surface area contributed by atoms with Crippen LogP contribution in [0.5, 0.6) is 0 Å². The topological polar surface area (TPSA) is 58.9 Å². The highest BCUT2D eigenvalue weighted by atomic mass is 16.6. The van der Waals surface area contributed by atoms with Gasteiger partial charge in [-0.15, -0.1) is 0 Å². The first-order chi connectivity index (χ1) is 7.13. The van der Waals surface area contributed by atoms with Crippen molar-refractivity contribution < 1.29 is 19.7 Å². The van der Waals surface area contributed by atoms with E-state index in [9.17, 15) is 5.11 Å². The van der Waals surface area contributed by atoms with Crippen LogP contribution in [0.25, 0.3) is 0 Å². The lowest BCUT2D eigenvalue weighted by Crippen LogP contribution is -2.47. The molecule has 0 radical (unpaired) electrons. The third-order valence-corrected chi connectivity index (χ3v) is 3.66. The van der Waals surface area contributed by atoms with E-state index < -0.39 is 6.10 Å². The van der Waals surface area contributed by atoms with Gasteiger partial charge in [0, 0.05) is 18.9 Å². The number of aliphatic hydroxyl groups excluding tert-OH is 2. The number of fused-ring (bicyclic) bond motifs is 1. The summed E-state index contributed by atoms with van der Waals surface area (Å²) in [5.74, 6) is 0.365. The minimum Gasteiger partial charge on any atom is -0.396 e. The van der Waals surface area contributed by atoms with Crippen LogP contribution in [-0.4, -0.2) is 47.3 Å². The van der Waals surface area contributed by atoms with Gasteiger partial charge in [0.15, 0.2) is 0 Å². The van der Waals surface area contributed by atoms with Crippen molar-refractivity contribution >= 4 is 0 Å². The van der Waals surface area contributed by atoms with Gasteiger partial charge in [0.25, 0.3) is 0 Å². The summed E-state index contributed by atoms with van der Waals surface area (Å²) in [6.45, 7) is 4.22. The fraction of sp³-hybridized carbons (Fsp3) is 1.00. The van der Waals surface area contributed by atoms with Crippen LogP contribution in [0.4, 0.5) is 0 Å². The minimum absolute atomic E-state index is 0.0277. The Hall–Kier alpha value is -0.160. The van der Waals surface area contributed by atoms with Crippen molar-refractivity contribution in [2.75, 3.05) is 6.61 Å². The van der Waals surface area contributed by atoms with Crippen LogP contribution in [-0.2, 0) is 9.47 Å². The number of ether oxygens (including phenoxy) is 2. The summed E-state index contributed by atoms with van der Waals surface area (Å²) in [6.07, 6.45) is 0.707. The van der Waals surface area contributed by atoms with Crippen LogP contribution >= 0.6 is 0 Å². The van der Waals surface area contributed by atoms with Crippen molar-refractivity contribution in [2.45, 2.75) is 57.2 Å². The molecule has 4 nitrogen and oxygen atoms in total. The molecule has 0 aromatic rings. The van der Waals surface area contributed by atoms with E-state index in [1.807, 2.05) is 6.92 Å². The zero-order valence-electron chi connectivity index (χ0n) is 9.30. The molecule has 2 N–H and O–H groups in total. The van der Waals surface area contributed by atoms with Gasteiger partial charge >= 0.3 is 0 Å². The number of hydrogen-bond donors (Lipinski definition) is 2. The molecule has 2 aliphatic rings. The largest absolute Gasteiger partial charge is 0.396 e. The van der Waals surface area contributed by atoms with Crippen LogP contribution < -0.4 is 0 Å². The summed E-state index contributed by atoms with van der Waals surface area (Å²) in [5.41, 5.74) is 0. The maximum Gasteiger partial charge on any atom is 0.0892 e. The Morgan fingerprint density at radius 1 is 1.27 bits per heavy atom. The van der Waals surface area contributed by atoms with Gasteiger partial charge in [0.2, 0.25) is 0 Å². The van der Waals surface area contributed by atoms with E-state index in [1.54, 1.807) is 0 Å². The maximum atomic E-state index is 9.80. The summed E-state index contributed by atoms with van der Waals surface area (Å²) in [6, 6.07) is 0. The Morgan fingerprint density at radius 2 is 2.00 bits per heavy atom. The standard InChI is InChI=1S/C11H20O4/c1-6-7(2)14-10-5-8(13)9(3-4-12)15-11(6)10/h6-13H,3-5H2,1-2H3/t6-,7-,8?,9?,10+,11+/m1/s1. The molecule has 0 aromatic heterocycles. The van der Waals surface area contributed by atoms with Gasteiger partial charge in [0.05, 0.1) is 30.5 Å². The van der Waals surface area contributed by atoms with Crippen LogP contribution in [0, 0.1) is 5.92 Å². The average Bonchev–Trinajstić information content (AvgIpc) is 2.45. The number of rotatable bonds is 2. The SMILES string of the molecule is C[C@H]1[C@@H]2OC(CCO)C(O)C[C@@H]2O[C@@H]1C. The van der Waals surface area contributed by atoms with E-state index in [0.717, 1.165) is 0 Å². The Bertz CT molecular complexity index is 221. The lowest BCUT2D eigenvalue weighted by Gasteiger charge is -2.36. The first-order valence-electron chi connectivity index (χ1n) is 5.73. The predicted octanol–water partition coefficient (Wildman–Crippen LogP) is 0.311. The molecule has 2 fully saturated rings. The second-order valence-electron chi connectivity index (χ2n) is 4.69. The Balaban J connectivity index is 2.01. The smallest absolute Gasteiger partial charge is 0.0892 e. The lowest BCUT2D eigenvalue weighted by atomic mass is 9.91. The van der Waals surface area contributed by atoms with E-state index in [-0.39, 0.29) is 31.0 Å². The predicted molar refractivity (Wildman–Crippen MR) is 54.5 cm³/mol. The van der Waals surface area contributed by atoms with Gasteiger partial charge in [-0.2, -0.15) is 0 Å². The molecule has 0 bridgehead atoms. The quantitative estimate of drug-likeness (QED) is 0.697. The van der Waals surface area contributed by atoms with Gasteiger partial charge in [0.1, 0.15) is 0 Å². The fourth-order valence-corrected chi connectivity index (χ4v) is 2.55. The first-order valence-corrected chi connectivity index (χ1v) is 5.73. The molecule has 88 valence electrons. The van der Waals surface area contributed by atoms with E-state index in [0.29, 0.717) is 18.8 Å². The highest BCUT2D eigenvalue weighted by molar-refractivity contribution is 4.94. The maximum absolute atomic E-state index is 9.80. The molecule has 0 spiro atoms. The highest BCUT2D eigenvalue weighted by Gasteiger charge is 2.47. The minimum atomic E-state index is -0.504. The molecule has 2 rings (SSSR count). The van der Waals surface area contributed by atoms with Gasteiger partial charge < -0.3 is 19.7 Å². The normalized spacial score (nSPS) is 50.4. The monoisotopic (exact) mass is 216 g/mol. The van der Waals surface area contributed by atoms with Gasteiger partial charge in [-0.25, -0.2) is 0 Å². The molecule has 15 heavy (non-hydrogen) atoms. The molecule has 0 aromatic carbocycles. The molecule has 2 aliphatic heterocycles. The first kappa shape index (κ1) is 11.3. The third-order valence-electron chi connectivity index (χ3n) is 3.66. The number of aliphatic hydroxyl groups is 2.